The van der Waals surface area contributed by atoms with Crippen LogP contribution in [0.25, 0.3) is 0 Å². The molecule has 89 heavy (non-hydrogen) atoms. The number of amides is 11. The predicted octanol–water partition coefficient (Wildman–Crippen LogP) is 2.40. The number of aliphatic hydroxyl groups is 2. The van der Waals surface area contributed by atoms with Crippen molar-refractivity contribution in [2.45, 2.75) is 234 Å². The van der Waals surface area contributed by atoms with Gasteiger partial charge in [0.15, 0.2) is 0 Å². The first-order valence-corrected chi connectivity index (χ1v) is 31.6. The van der Waals surface area contributed by atoms with E-state index < -0.39 is 168 Å². The van der Waals surface area contributed by atoms with Gasteiger partial charge in [0, 0.05) is 62.9 Å². The van der Waals surface area contributed by atoms with Crippen LogP contribution >= 0.6 is 0 Å². The predicted molar refractivity (Wildman–Crippen MR) is 341 cm³/mol. The Labute approximate surface area is 531 Å². The van der Waals surface area contributed by atoms with Crippen LogP contribution < -0.4 is 21.3 Å². The zero-order chi connectivity index (χ0) is 69.2. The monoisotopic (exact) mass is 1260 g/mol. The van der Waals surface area contributed by atoms with Gasteiger partial charge < -0.3 is 70.5 Å². The van der Waals surface area contributed by atoms with E-state index in [0.717, 1.165) is 14.7 Å². The fourth-order valence-corrected chi connectivity index (χ4v) is 11.1. The maximum absolute atomic E-state index is 15.2. The summed E-state index contributed by atoms with van der Waals surface area (Å²) in [5, 5.41) is 34.0. The molecule has 1 fully saturated rings. The first kappa shape index (κ1) is 80.8. The Hall–Kier alpha value is -6.21. The number of allylic oxidation sites excluding steroid dienone is 2. The molecular formula is C64H115N11O14. The van der Waals surface area contributed by atoms with Crippen molar-refractivity contribution in [3.63, 3.8) is 0 Å². The smallest absolute Gasteiger partial charge is 0.248 e. The van der Waals surface area contributed by atoms with Crippen molar-refractivity contribution in [1.29, 1.82) is 0 Å². The van der Waals surface area contributed by atoms with Crippen molar-refractivity contribution in [2.75, 3.05) is 63.1 Å². The minimum absolute atomic E-state index is 0.0815. The van der Waals surface area contributed by atoms with Crippen LogP contribution in [0, 0.1) is 35.5 Å². The molecule has 6 N–H and O–H groups in total. The second kappa shape index (κ2) is 36.0. The third-order valence-electron chi connectivity index (χ3n) is 17.1. The highest BCUT2D eigenvalue weighted by Gasteiger charge is 2.47. The molecule has 1 aliphatic rings. The number of aliphatic hydroxyl groups excluding tert-OH is 2. The number of carbonyl (C=O) groups is 11. The van der Waals surface area contributed by atoms with Crippen molar-refractivity contribution in [2.24, 2.45) is 35.5 Å². The van der Waals surface area contributed by atoms with Crippen molar-refractivity contribution in [3.05, 3.63) is 12.2 Å². The molecule has 0 spiro atoms. The van der Waals surface area contributed by atoms with Crippen LogP contribution in [0.4, 0.5) is 0 Å². The Morgan fingerprint density at radius 3 is 1.36 bits per heavy atom. The number of nitrogens with one attached hydrogen (secondary N) is 4. The second-order valence-electron chi connectivity index (χ2n) is 27.0. The number of rotatable bonds is 17. The van der Waals surface area contributed by atoms with Gasteiger partial charge >= 0.3 is 0 Å². The topological polar surface area (TPSA) is 308 Å². The zero-order valence-electron chi connectivity index (χ0n) is 58.4. The van der Waals surface area contributed by atoms with E-state index in [1.165, 1.54) is 89.9 Å². The standard InChI is InChI=1S/C64H115N11O14/c1-26-28-29-40(13)52(77)51-56(81)67-43(27-2)58(83)73(22)48(34-76)61(86)72(21)47(33-64(16,17)89-25)55(80)68-49(38(9)10)62(87)69(18)44(30-35(3)4)54(79)65-41(14)53(78)66-42(15)57(82)70(19)45(31-36(5)6)59(84)71(20)46(32-37(7)8)60(85)74(23)50(39(11)12)63(88)75(51)24/h26,28,35-52,76-77H,27,29-34H2,1-25H3,(H,65,79)(H,66,78)(H,67,81)(H,68,80)/b28-26+/t40-,41+,42-,43+,44+,45+,46+,47+,48?,49+,50+,51+,52-/m1/s1. The van der Waals surface area contributed by atoms with Crippen LogP contribution in [0.2, 0.25) is 0 Å². The summed E-state index contributed by atoms with van der Waals surface area (Å²) in [4.78, 5) is 170. The minimum atomic E-state index is -1.68. The van der Waals surface area contributed by atoms with E-state index in [-0.39, 0.29) is 56.3 Å². The summed E-state index contributed by atoms with van der Waals surface area (Å²) in [5.74, 6) is -10.7. The molecule has 13 atom stereocenters. The SMILES string of the molecule is C/C=C/C[C@@H](C)[C@@H](O)[C@H]1C(=O)N[C@@H](CC)C(=O)N(C)C(CO)C(=O)N(C)[C@@H](CC(C)(C)OC)C(=O)N[C@@H](C(C)C)C(=O)N(C)[C@@H](CC(C)C)C(=O)N[C@@H](C)C(=O)N[C@H](C)C(=O)N(C)[C@@H](CC(C)C)C(=O)N(C)[C@@H](CC(C)C)C(=O)N(C)[C@@H](C(C)C)C(=O)N1C. The van der Waals surface area contributed by atoms with Crippen LogP contribution in [0.1, 0.15) is 156 Å². The van der Waals surface area contributed by atoms with Crippen LogP contribution in [0.15, 0.2) is 12.2 Å². The average Bonchev–Trinajstić information content (AvgIpc) is 1.47. The lowest BCUT2D eigenvalue weighted by molar-refractivity contribution is -0.157. The van der Waals surface area contributed by atoms with Gasteiger partial charge in [-0.15, -0.1) is 0 Å². The molecule has 25 nitrogen and oxygen atoms in total. The highest BCUT2D eigenvalue weighted by Crippen LogP contribution is 2.27. The summed E-state index contributed by atoms with van der Waals surface area (Å²) in [6.07, 6.45) is 2.39. The minimum Gasteiger partial charge on any atom is -0.394 e. The van der Waals surface area contributed by atoms with Crippen molar-refractivity contribution < 1.29 is 67.7 Å². The van der Waals surface area contributed by atoms with Gasteiger partial charge in [0.1, 0.15) is 66.5 Å². The molecule has 0 bridgehead atoms. The van der Waals surface area contributed by atoms with Gasteiger partial charge in [-0.2, -0.15) is 0 Å². The Morgan fingerprint density at radius 1 is 0.494 bits per heavy atom. The first-order chi connectivity index (χ1) is 41.0. The van der Waals surface area contributed by atoms with E-state index in [1.54, 1.807) is 74.5 Å². The maximum atomic E-state index is 15.2. The fraction of sp³-hybridized carbons (Fsp3) is 0.797. The lowest BCUT2D eigenvalue weighted by atomic mass is 9.91. The van der Waals surface area contributed by atoms with Gasteiger partial charge in [-0.05, 0) is 102 Å². The number of ether oxygens (including phenoxy) is 1. The number of carbonyl (C=O) groups excluding carboxylic acids is 11. The second-order valence-corrected chi connectivity index (χ2v) is 27.0. The Kier molecular flexibility index (Phi) is 32.7. The molecule has 1 rings (SSSR count). The number of hydrogen-bond donors (Lipinski definition) is 6. The molecule has 0 aromatic rings. The van der Waals surface area contributed by atoms with E-state index >= 15 is 9.59 Å². The van der Waals surface area contributed by atoms with Crippen molar-refractivity contribution in [1.82, 2.24) is 55.6 Å². The van der Waals surface area contributed by atoms with Gasteiger partial charge in [0.05, 0.1) is 18.3 Å². The third-order valence-corrected chi connectivity index (χ3v) is 17.1. The molecule has 1 aliphatic heterocycles. The summed E-state index contributed by atoms with van der Waals surface area (Å²) in [6.45, 7) is 28.2. The molecule has 25 heteroatoms. The largest absolute Gasteiger partial charge is 0.394 e. The highest BCUT2D eigenvalue weighted by molar-refractivity contribution is 6.00. The van der Waals surface area contributed by atoms with Crippen molar-refractivity contribution >= 4 is 65.0 Å². The molecule has 0 radical (unpaired) electrons. The molecule has 0 aromatic heterocycles. The molecule has 510 valence electrons. The van der Waals surface area contributed by atoms with Crippen LogP contribution in [0.5, 0.6) is 0 Å². The van der Waals surface area contributed by atoms with Crippen molar-refractivity contribution in [3.8, 4) is 0 Å². The zero-order valence-corrected chi connectivity index (χ0v) is 58.4. The molecule has 11 amide bonds. The molecule has 0 aromatic carbocycles. The van der Waals surface area contributed by atoms with E-state index in [1.807, 2.05) is 41.5 Å². The van der Waals surface area contributed by atoms with E-state index in [9.17, 15) is 53.4 Å². The highest BCUT2D eigenvalue weighted by atomic mass is 16.5. The first-order valence-electron chi connectivity index (χ1n) is 31.6. The Bertz CT molecular complexity index is 2450. The lowest BCUT2D eigenvalue weighted by Crippen LogP contribution is -2.64. The summed E-state index contributed by atoms with van der Waals surface area (Å²) in [7, 11) is 11.0. The number of hydrogen-bond acceptors (Lipinski definition) is 14. The van der Waals surface area contributed by atoms with Gasteiger partial charge in [-0.3, -0.25) is 52.7 Å². The quantitative estimate of drug-likeness (QED) is 0.114. The van der Waals surface area contributed by atoms with Gasteiger partial charge in [-0.1, -0.05) is 95.2 Å². The fourth-order valence-electron chi connectivity index (χ4n) is 11.1. The molecule has 1 unspecified atom stereocenters. The Balaban J connectivity index is 4.47. The number of methoxy groups -OCH3 is 1. The molecule has 1 saturated heterocycles. The molecule has 1 heterocycles. The molecule has 0 saturated carbocycles. The normalized spacial score (nSPS) is 27.2. The molecular weight excluding hydrogens is 1150 g/mol. The van der Waals surface area contributed by atoms with E-state index in [2.05, 4.69) is 21.3 Å². The average molecular weight is 1260 g/mol. The van der Waals surface area contributed by atoms with Crippen LogP contribution in [0.3, 0.4) is 0 Å². The Morgan fingerprint density at radius 2 is 0.910 bits per heavy atom. The summed E-state index contributed by atoms with van der Waals surface area (Å²) >= 11 is 0. The van der Waals surface area contributed by atoms with Gasteiger partial charge in [0.2, 0.25) is 65.0 Å². The number of nitrogens with zero attached hydrogens (tertiary/aromatic N) is 7. The van der Waals surface area contributed by atoms with Gasteiger partial charge in [-0.25, -0.2) is 0 Å². The third kappa shape index (κ3) is 22.0. The summed E-state index contributed by atoms with van der Waals surface area (Å²) in [6, 6.07) is -14.8. The van der Waals surface area contributed by atoms with E-state index in [0.29, 0.717) is 0 Å². The maximum Gasteiger partial charge on any atom is 0.248 e. The summed E-state index contributed by atoms with van der Waals surface area (Å²) < 4.78 is 5.71. The van der Waals surface area contributed by atoms with E-state index in [4.69, 9.17) is 4.74 Å². The lowest BCUT2D eigenvalue weighted by Gasteiger charge is -2.41. The van der Waals surface area contributed by atoms with Crippen LogP contribution in [-0.2, 0) is 57.5 Å². The van der Waals surface area contributed by atoms with Gasteiger partial charge in [0.25, 0.3) is 0 Å². The molecule has 0 aliphatic carbocycles. The number of likely N-dealkylation sites (N-methyl/N-ethyl adjacent to an activating group) is 7. The van der Waals surface area contributed by atoms with Crippen LogP contribution in [-0.4, -0.2) is 251 Å². The summed E-state index contributed by atoms with van der Waals surface area (Å²) in [5.41, 5.74) is -1.08.